The third-order valence-corrected chi connectivity index (χ3v) is 2.44. The van der Waals surface area contributed by atoms with Gasteiger partial charge in [-0.05, 0) is 38.0 Å². The highest BCUT2D eigenvalue weighted by Crippen LogP contribution is 2.20. The van der Waals surface area contributed by atoms with E-state index in [1.807, 2.05) is 0 Å². The van der Waals surface area contributed by atoms with Gasteiger partial charge in [0.05, 0.1) is 6.17 Å². The Hall–Kier alpha value is 0.210. The van der Waals surface area contributed by atoms with Crippen LogP contribution in [0.3, 0.4) is 0 Å². The molecule has 1 saturated heterocycles. The minimum Gasteiger partial charge on any atom is -0.315 e. The summed E-state index contributed by atoms with van der Waals surface area (Å²) in [7, 11) is 0. The molecule has 1 fully saturated rings. The molecule has 1 aliphatic rings. The predicted molar refractivity (Wildman–Crippen MR) is 39.0 cm³/mol. The first-order valence-corrected chi connectivity index (χ1v) is 3.75. The van der Waals surface area contributed by atoms with Gasteiger partial charge in [-0.2, -0.15) is 0 Å². The van der Waals surface area contributed by atoms with Gasteiger partial charge in [-0.15, -0.1) is 0 Å². The largest absolute Gasteiger partial charge is 0.315 e. The first kappa shape index (κ1) is 7.32. The number of nitrogens with two attached hydrogens (primary N) is 1. The van der Waals surface area contributed by atoms with Gasteiger partial charge in [0.15, 0.2) is 0 Å². The Bertz CT molecular complexity index is 87.1. The number of piperidine rings is 1. The monoisotopic (exact) mass is 148 g/mol. The quantitative estimate of drug-likeness (QED) is 0.525. The summed E-state index contributed by atoms with van der Waals surface area (Å²) in [6, 6.07) is 0.454. The van der Waals surface area contributed by atoms with Crippen LogP contribution in [-0.2, 0) is 0 Å². The number of halogens is 1. The molecule has 9 heavy (non-hydrogen) atoms. The summed E-state index contributed by atoms with van der Waals surface area (Å²) >= 11 is 5.83. The van der Waals surface area contributed by atoms with Crippen molar-refractivity contribution in [1.82, 2.24) is 4.42 Å². The van der Waals surface area contributed by atoms with Gasteiger partial charge in [0.1, 0.15) is 0 Å². The van der Waals surface area contributed by atoms with E-state index in [9.17, 15) is 0 Å². The lowest BCUT2D eigenvalue weighted by Gasteiger charge is -2.32. The zero-order valence-corrected chi connectivity index (χ0v) is 6.43. The number of hydrogen-bond acceptors (Lipinski definition) is 2. The first-order valence-electron chi connectivity index (χ1n) is 3.41. The van der Waals surface area contributed by atoms with Crippen molar-refractivity contribution in [2.45, 2.75) is 38.4 Å². The summed E-state index contributed by atoms with van der Waals surface area (Å²) in [6.45, 7) is 2.10. The normalized spacial score (nSPS) is 39.0. The summed E-state index contributed by atoms with van der Waals surface area (Å²) in [4.78, 5) is 0. The molecule has 1 rings (SSSR count). The van der Waals surface area contributed by atoms with E-state index in [0.29, 0.717) is 6.04 Å². The second-order valence-corrected chi connectivity index (χ2v) is 3.08. The minimum atomic E-state index is 0.0791. The SMILES string of the molecule is CC1CCCC(N)N1Cl. The van der Waals surface area contributed by atoms with Gasteiger partial charge in [-0.25, -0.2) is 4.42 Å². The number of rotatable bonds is 0. The van der Waals surface area contributed by atoms with Crippen molar-refractivity contribution in [3.05, 3.63) is 0 Å². The topological polar surface area (TPSA) is 29.3 Å². The van der Waals surface area contributed by atoms with Crippen molar-refractivity contribution in [3.8, 4) is 0 Å². The Labute approximate surface area is 61.1 Å². The van der Waals surface area contributed by atoms with Crippen LogP contribution < -0.4 is 5.73 Å². The molecule has 1 aliphatic heterocycles. The second kappa shape index (κ2) is 2.86. The van der Waals surface area contributed by atoms with E-state index < -0.39 is 0 Å². The molecule has 0 aliphatic carbocycles. The Morgan fingerprint density at radius 3 is 2.67 bits per heavy atom. The number of hydrogen-bond donors (Lipinski definition) is 1. The van der Waals surface area contributed by atoms with Crippen LogP contribution >= 0.6 is 11.8 Å². The lowest BCUT2D eigenvalue weighted by atomic mass is 10.0. The van der Waals surface area contributed by atoms with Gasteiger partial charge < -0.3 is 5.73 Å². The Morgan fingerprint density at radius 2 is 2.22 bits per heavy atom. The molecule has 2 N–H and O–H groups in total. The summed E-state index contributed by atoms with van der Waals surface area (Å²) in [6.07, 6.45) is 3.51. The molecule has 3 heteroatoms. The summed E-state index contributed by atoms with van der Waals surface area (Å²) < 4.78 is 1.73. The Balaban J connectivity index is 2.41. The van der Waals surface area contributed by atoms with E-state index in [4.69, 9.17) is 17.5 Å². The van der Waals surface area contributed by atoms with E-state index in [-0.39, 0.29) is 6.17 Å². The molecule has 0 saturated carbocycles. The second-order valence-electron chi connectivity index (χ2n) is 2.69. The fourth-order valence-corrected chi connectivity index (χ4v) is 1.39. The molecule has 2 unspecified atom stereocenters. The zero-order valence-electron chi connectivity index (χ0n) is 5.68. The molecular formula is C6H13ClN2. The van der Waals surface area contributed by atoms with Crippen molar-refractivity contribution in [3.63, 3.8) is 0 Å². The van der Waals surface area contributed by atoms with Gasteiger partial charge in [-0.1, -0.05) is 0 Å². The molecule has 0 bridgehead atoms. The van der Waals surface area contributed by atoms with Crippen molar-refractivity contribution < 1.29 is 0 Å². The lowest BCUT2D eigenvalue weighted by molar-refractivity contribution is 0.203. The van der Waals surface area contributed by atoms with Crippen LogP contribution in [0.1, 0.15) is 26.2 Å². The first-order chi connectivity index (χ1) is 4.22. The summed E-state index contributed by atoms with van der Waals surface area (Å²) in [5.74, 6) is 0. The van der Waals surface area contributed by atoms with E-state index in [1.54, 1.807) is 4.42 Å². The maximum Gasteiger partial charge on any atom is 0.0720 e. The zero-order chi connectivity index (χ0) is 6.85. The summed E-state index contributed by atoms with van der Waals surface area (Å²) in [5.41, 5.74) is 5.66. The minimum absolute atomic E-state index is 0.0791. The van der Waals surface area contributed by atoms with E-state index in [0.717, 1.165) is 6.42 Å². The van der Waals surface area contributed by atoms with Gasteiger partial charge in [-0.3, -0.25) is 0 Å². The molecular weight excluding hydrogens is 136 g/mol. The molecule has 1 heterocycles. The average molecular weight is 149 g/mol. The number of nitrogens with zero attached hydrogens (tertiary/aromatic N) is 1. The highest BCUT2D eigenvalue weighted by Gasteiger charge is 2.22. The molecule has 0 aromatic carbocycles. The lowest BCUT2D eigenvalue weighted by Crippen LogP contribution is -2.44. The van der Waals surface area contributed by atoms with Crippen LogP contribution in [0.15, 0.2) is 0 Å². The molecule has 2 nitrogen and oxygen atoms in total. The fourth-order valence-electron chi connectivity index (χ4n) is 1.20. The van der Waals surface area contributed by atoms with Crippen LogP contribution in [0.5, 0.6) is 0 Å². The summed E-state index contributed by atoms with van der Waals surface area (Å²) in [5, 5.41) is 0. The van der Waals surface area contributed by atoms with Crippen molar-refractivity contribution >= 4 is 11.8 Å². The average Bonchev–Trinajstić information content (AvgIpc) is 1.83. The van der Waals surface area contributed by atoms with Gasteiger partial charge >= 0.3 is 0 Å². The molecule has 0 amide bonds. The van der Waals surface area contributed by atoms with Gasteiger partial charge in [0.2, 0.25) is 0 Å². The third kappa shape index (κ3) is 1.57. The third-order valence-electron chi connectivity index (χ3n) is 1.86. The molecule has 0 spiro atoms. The van der Waals surface area contributed by atoms with Crippen LogP contribution in [0.4, 0.5) is 0 Å². The van der Waals surface area contributed by atoms with Gasteiger partial charge in [0.25, 0.3) is 0 Å². The molecule has 54 valence electrons. The molecule has 2 atom stereocenters. The molecule has 0 aromatic rings. The Kier molecular flexibility index (Phi) is 2.33. The maximum atomic E-state index is 5.83. The fraction of sp³-hybridized carbons (Fsp3) is 1.00. The smallest absolute Gasteiger partial charge is 0.0720 e. The van der Waals surface area contributed by atoms with Gasteiger partial charge in [0, 0.05) is 6.04 Å². The van der Waals surface area contributed by atoms with E-state index >= 15 is 0 Å². The van der Waals surface area contributed by atoms with Crippen LogP contribution in [0.2, 0.25) is 0 Å². The molecule has 0 radical (unpaired) electrons. The molecule has 0 aromatic heterocycles. The van der Waals surface area contributed by atoms with E-state index in [1.165, 1.54) is 12.8 Å². The van der Waals surface area contributed by atoms with Crippen molar-refractivity contribution in [2.75, 3.05) is 0 Å². The highest BCUT2D eigenvalue weighted by atomic mass is 35.5. The highest BCUT2D eigenvalue weighted by molar-refractivity contribution is 6.13. The van der Waals surface area contributed by atoms with Crippen molar-refractivity contribution in [1.29, 1.82) is 0 Å². The maximum absolute atomic E-state index is 5.83. The van der Waals surface area contributed by atoms with Crippen LogP contribution in [0.25, 0.3) is 0 Å². The van der Waals surface area contributed by atoms with E-state index in [2.05, 4.69) is 6.92 Å². The van der Waals surface area contributed by atoms with Crippen molar-refractivity contribution in [2.24, 2.45) is 5.73 Å². The Morgan fingerprint density at radius 1 is 1.56 bits per heavy atom. The predicted octanol–water partition coefficient (Wildman–Crippen LogP) is 1.30. The van der Waals surface area contributed by atoms with Crippen LogP contribution in [-0.4, -0.2) is 16.6 Å². The standard InChI is InChI=1S/C6H13ClN2/c1-5-3-2-4-6(8)9(5)7/h5-6H,2-4,8H2,1H3. The van der Waals surface area contributed by atoms with Crippen LogP contribution in [0, 0.1) is 0 Å².